The molecule has 5 nitrogen and oxygen atoms in total. The highest BCUT2D eigenvalue weighted by molar-refractivity contribution is 5.79. The Bertz CT molecular complexity index is 335. The molecule has 2 aliphatic heterocycles. The number of likely N-dealkylation sites (tertiary alicyclic amines) is 2. The van der Waals surface area contributed by atoms with Crippen LogP contribution in [0.5, 0.6) is 0 Å². The summed E-state index contributed by atoms with van der Waals surface area (Å²) in [6.45, 7) is 3.77. The zero-order chi connectivity index (χ0) is 14.0. The van der Waals surface area contributed by atoms with Gasteiger partial charge in [-0.3, -0.25) is 4.79 Å². The molecule has 0 bridgehead atoms. The molecule has 2 fully saturated rings. The smallest absolute Gasteiger partial charge is 0.227 e. The first-order valence-electron chi connectivity index (χ1n) is 7.24. The summed E-state index contributed by atoms with van der Waals surface area (Å²) in [5.74, 6) is 0.363. The number of carbonyl (C=O) groups excluding carboxylic acids is 1. The van der Waals surface area contributed by atoms with Crippen LogP contribution in [0.3, 0.4) is 0 Å². The van der Waals surface area contributed by atoms with Crippen LogP contribution in [0.25, 0.3) is 0 Å². The summed E-state index contributed by atoms with van der Waals surface area (Å²) in [6.07, 6.45) is 2.79. The predicted molar refractivity (Wildman–Crippen MR) is 74.9 cm³/mol. The maximum Gasteiger partial charge on any atom is 0.227 e. The fraction of sp³-hybridized carbons (Fsp3) is 0.929. The van der Waals surface area contributed by atoms with Crippen LogP contribution in [0.15, 0.2) is 0 Å². The van der Waals surface area contributed by atoms with Crippen molar-refractivity contribution in [3.63, 3.8) is 0 Å². The standard InChI is InChI=1S/C14H27N3O2/c1-15(2)10-14(19)6-8-17(11-14)13(18)12-5-4-7-16(3)9-12/h12,19H,4-11H2,1-3H3/t12-,14+/m0/s1. The lowest BCUT2D eigenvalue weighted by molar-refractivity contribution is -0.137. The van der Waals surface area contributed by atoms with Gasteiger partial charge in [-0.25, -0.2) is 0 Å². The Kier molecular flexibility index (Phi) is 4.48. The van der Waals surface area contributed by atoms with E-state index >= 15 is 0 Å². The zero-order valence-corrected chi connectivity index (χ0v) is 12.4. The van der Waals surface area contributed by atoms with Gasteiger partial charge in [0.25, 0.3) is 0 Å². The normalized spacial score (nSPS) is 33.1. The Morgan fingerprint density at radius 3 is 2.79 bits per heavy atom. The molecule has 0 unspecified atom stereocenters. The first-order chi connectivity index (χ1) is 8.89. The van der Waals surface area contributed by atoms with Crippen LogP contribution in [-0.2, 0) is 4.79 Å². The van der Waals surface area contributed by atoms with Crippen molar-refractivity contribution in [1.82, 2.24) is 14.7 Å². The average Bonchev–Trinajstić information content (AvgIpc) is 2.69. The van der Waals surface area contributed by atoms with Gasteiger partial charge in [-0.15, -0.1) is 0 Å². The lowest BCUT2D eigenvalue weighted by atomic mass is 9.97. The van der Waals surface area contributed by atoms with E-state index in [9.17, 15) is 9.90 Å². The van der Waals surface area contributed by atoms with Crippen molar-refractivity contribution in [3.8, 4) is 0 Å². The zero-order valence-electron chi connectivity index (χ0n) is 12.4. The third kappa shape index (κ3) is 3.68. The SMILES string of the molecule is CN(C)C[C@]1(O)CCN(C(=O)[C@H]2CCCN(C)C2)C1. The van der Waals surface area contributed by atoms with E-state index in [0.717, 1.165) is 25.9 Å². The second-order valence-corrected chi connectivity index (χ2v) is 6.57. The molecule has 0 radical (unpaired) electrons. The van der Waals surface area contributed by atoms with Gasteiger partial charge < -0.3 is 19.8 Å². The summed E-state index contributed by atoms with van der Waals surface area (Å²) in [5, 5.41) is 10.5. The van der Waals surface area contributed by atoms with E-state index in [4.69, 9.17) is 0 Å². The largest absolute Gasteiger partial charge is 0.387 e. The highest BCUT2D eigenvalue weighted by Crippen LogP contribution is 2.25. The van der Waals surface area contributed by atoms with Crippen molar-refractivity contribution in [3.05, 3.63) is 0 Å². The van der Waals surface area contributed by atoms with Crippen LogP contribution < -0.4 is 0 Å². The van der Waals surface area contributed by atoms with Gasteiger partial charge in [-0.1, -0.05) is 0 Å². The number of rotatable bonds is 3. The van der Waals surface area contributed by atoms with Gasteiger partial charge in [0.1, 0.15) is 0 Å². The van der Waals surface area contributed by atoms with E-state index in [-0.39, 0.29) is 11.8 Å². The van der Waals surface area contributed by atoms with Gasteiger partial charge in [-0.05, 0) is 47.0 Å². The van der Waals surface area contributed by atoms with E-state index in [1.165, 1.54) is 0 Å². The molecule has 5 heteroatoms. The molecule has 0 aromatic rings. The number of hydrogen-bond acceptors (Lipinski definition) is 4. The monoisotopic (exact) mass is 269 g/mol. The number of β-amino-alcohol motifs (C(OH)–C–C–N with tert-alkyl or cyclic N) is 1. The Morgan fingerprint density at radius 1 is 1.42 bits per heavy atom. The van der Waals surface area contributed by atoms with E-state index in [2.05, 4.69) is 11.9 Å². The Morgan fingerprint density at radius 2 is 2.16 bits per heavy atom. The van der Waals surface area contributed by atoms with Crippen molar-refractivity contribution in [2.45, 2.75) is 24.9 Å². The molecular formula is C14H27N3O2. The van der Waals surface area contributed by atoms with Crippen molar-refractivity contribution in [2.75, 3.05) is 53.9 Å². The summed E-state index contributed by atoms with van der Waals surface area (Å²) >= 11 is 0. The van der Waals surface area contributed by atoms with E-state index in [1.54, 1.807) is 0 Å². The molecule has 2 atom stereocenters. The number of likely N-dealkylation sites (N-methyl/N-ethyl adjacent to an activating group) is 1. The minimum Gasteiger partial charge on any atom is -0.387 e. The molecule has 0 aromatic carbocycles. The van der Waals surface area contributed by atoms with E-state index in [0.29, 0.717) is 26.1 Å². The first kappa shape index (κ1) is 14.8. The highest BCUT2D eigenvalue weighted by atomic mass is 16.3. The van der Waals surface area contributed by atoms with Gasteiger partial charge in [-0.2, -0.15) is 0 Å². The van der Waals surface area contributed by atoms with E-state index in [1.807, 2.05) is 23.9 Å². The summed E-state index contributed by atoms with van der Waals surface area (Å²) in [5.41, 5.74) is -0.722. The fourth-order valence-electron chi connectivity index (χ4n) is 3.39. The highest BCUT2D eigenvalue weighted by Gasteiger charge is 2.40. The third-order valence-electron chi connectivity index (χ3n) is 4.23. The van der Waals surface area contributed by atoms with Crippen LogP contribution in [-0.4, -0.2) is 85.2 Å². The van der Waals surface area contributed by atoms with Crippen LogP contribution in [0.2, 0.25) is 0 Å². The Labute approximate surface area is 116 Å². The van der Waals surface area contributed by atoms with Crippen molar-refractivity contribution in [1.29, 1.82) is 0 Å². The van der Waals surface area contributed by atoms with Crippen LogP contribution >= 0.6 is 0 Å². The molecular weight excluding hydrogens is 242 g/mol. The number of aliphatic hydroxyl groups is 1. The van der Waals surface area contributed by atoms with Gasteiger partial charge in [0, 0.05) is 19.6 Å². The second kappa shape index (κ2) is 5.77. The molecule has 1 N–H and O–H groups in total. The van der Waals surface area contributed by atoms with Crippen LogP contribution in [0, 0.1) is 5.92 Å². The second-order valence-electron chi connectivity index (χ2n) is 6.57. The maximum absolute atomic E-state index is 12.5. The predicted octanol–water partition coefficient (Wildman–Crippen LogP) is -0.147. The third-order valence-corrected chi connectivity index (χ3v) is 4.23. The molecule has 2 saturated heterocycles. The Balaban J connectivity index is 1.91. The van der Waals surface area contributed by atoms with Gasteiger partial charge in [0.2, 0.25) is 5.91 Å². The van der Waals surface area contributed by atoms with Gasteiger partial charge >= 0.3 is 0 Å². The molecule has 0 saturated carbocycles. The van der Waals surface area contributed by atoms with Crippen molar-refractivity contribution < 1.29 is 9.90 Å². The topological polar surface area (TPSA) is 47.0 Å². The van der Waals surface area contributed by atoms with Crippen molar-refractivity contribution >= 4 is 5.91 Å². The van der Waals surface area contributed by atoms with E-state index < -0.39 is 5.60 Å². The minimum absolute atomic E-state index is 0.125. The summed E-state index contributed by atoms with van der Waals surface area (Å²) in [4.78, 5) is 18.6. The molecule has 2 heterocycles. The lowest BCUT2D eigenvalue weighted by Crippen LogP contribution is -2.46. The van der Waals surface area contributed by atoms with Gasteiger partial charge in [0.15, 0.2) is 0 Å². The molecule has 2 rings (SSSR count). The Hall–Kier alpha value is -0.650. The van der Waals surface area contributed by atoms with Crippen molar-refractivity contribution in [2.24, 2.45) is 5.92 Å². The molecule has 1 amide bonds. The quantitative estimate of drug-likeness (QED) is 0.774. The molecule has 2 aliphatic rings. The maximum atomic E-state index is 12.5. The molecule has 110 valence electrons. The molecule has 0 spiro atoms. The van der Waals surface area contributed by atoms with Crippen LogP contribution in [0.1, 0.15) is 19.3 Å². The summed E-state index contributed by atoms with van der Waals surface area (Å²) in [7, 11) is 5.99. The summed E-state index contributed by atoms with van der Waals surface area (Å²) in [6, 6.07) is 0. The number of nitrogens with zero attached hydrogens (tertiary/aromatic N) is 3. The first-order valence-corrected chi connectivity index (χ1v) is 7.24. The lowest BCUT2D eigenvalue weighted by Gasteiger charge is -2.32. The molecule has 19 heavy (non-hydrogen) atoms. The molecule has 0 aromatic heterocycles. The number of carbonyl (C=O) groups is 1. The average molecular weight is 269 g/mol. The fourth-order valence-corrected chi connectivity index (χ4v) is 3.39. The summed E-state index contributed by atoms with van der Waals surface area (Å²) < 4.78 is 0. The molecule has 0 aliphatic carbocycles. The van der Waals surface area contributed by atoms with Gasteiger partial charge in [0.05, 0.1) is 18.1 Å². The van der Waals surface area contributed by atoms with Crippen LogP contribution in [0.4, 0.5) is 0 Å². The number of piperidine rings is 1. The minimum atomic E-state index is -0.722. The number of hydrogen-bond donors (Lipinski definition) is 1. The number of amides is 1.